The first-order valence-electron chi connectivity index (χ1n) is 8.71. The zero-order chi connectivity index (χ0) is 17.0. The lowest BCUT2D eigenvalue weighted by Gasteiger charge is -2.32. The second-order valence-electron chi connectivity index (χ2n) is 6.83. The molecule has 2 aromatic carbocycles. The van der Waals surface area contributed by atoms with Crippen molar-refractivity contribution in [2.45, 2.75) is 39.0 Å². The summed E-state index contributed by atoms with van der Waals surface area (Å²) in [4.78, 5) is 12.8. The Morgan fingerprint density at radius 3 is 2.58 bits per heavy atom. The molecule has 0 aliphatic heterocycles. The summed E-state index contributed by atoms with van der Waals surface area (Å²) < 4.78 is 5.73. The minimum absolute atomic E-state index is 0.132. The average Bonchev–Trinajstić information content (AvgIpc) is 2.61. The van der Waals surface area contributed by atoms with Crippen LogP contribution in [0.25, 0.3) is 10.8 Å². The molecule has 0 aromatic heterocycles. The molecule has 1 saturated carbocycles. The van der Waals surface area contributed by atoms with Gasteiger partial charge in [-0.05, 0) is 25.0 Å². The van der Waals surface area contributed by atoms with Crippen LogP contribution in [0.3, 0.4) is 0 Å². The van der Waals surface area contributed by atoms with Crippen molar-refractivity contribution in [3.63, 3.8) is 0 Å². The predicted molar refractivity (Wildman–Crippen MR) is 99.5 cm³/mol. The van der Waals surface area contributed by atoms with Crippen LogP contribution in [0.2, 0.25) is 0 Å². The smallest absolute Gasteiger partial charge is 0.230 e. The molecular formula is C21H25NO2. The van der Waals surface area contributed by atoms with Crippen LogP contribution >= 0.6 is 0 Å². The maximum atomic E-state index is 12.8. The molecule has 0 saturated heterocycles. The average molecular weight is 323 g/mol. The van der Waals surface area contributed by atoms with Crippen LogP contribution in [0.15, 0.2) is 49.1 Å². The second-order valence-corrected chi connectivity index (χ2v) is 6.83. The molecule has 3 rings (SSSR count). The number of hydrogen-bond acceptors (Lipinski definition) is 2. The van der Waals surface area contributed by atoms with Crippen LogP contribution in [0.1, 0.15) is 39.0 Å². The van der Waals surface area contributed by atoms with Crippen LogP contribution in [-0.4, -0.2) is 12.5 Å². The summed E-state index contributed by atoms with van der Waals surface area (Å²) in [5.41, 5.74) is 0.602. The first-order valence-corrected chi connectivity index (χ1v) is 8.71. The molecular weight excluding hydrogens is 298 g/mol. The lowest BCUT2D eigenvalue weighted by molar-refractivity contribution is -0.126. The van der Waals surface area contributed by atoms with Crippen molar-refractivity contribution in [2.75, 3.05) is 11.9 Å². The lowest BCUT2D eigenvalue weighted by Crippen LogP contribution is -2.35. The second kappa shape index (κ2) is 7.08. The van der Waals surface area contributed by atoms with E-state index in [4.69, 9.17) is 4.74 Å². The zero-order valence-corrected chi connectivity index (χ0v) is 14.3. The van der Waals surface area contributed by atoms with E-state index in [-0.39, 0.29) is 11.3 Å². The number of carbonyl (C=O) groups is 1. The van der Waals surface area contributed by atoms with Gasteiger partial charge in [0, 0.05) is 21.9 Å². The van der Waals surface area contributed by atoms with E-state index in [1.807, 2.05) is 36.4 Å². The molecule has 1 aliphatic carbocycles. The Morgan fingerprint density at radius 1 is 1.17 bits per heavy atom. The number of carbonyl (C=O) groups excluding carboxylic acids is 1. The van der Waals surface area contributed by atoms with E-state index in [1.165, 1.54) is 6.42 Å². The minimum atomic E-state index is -0.253. The van der Waals surface area contributed by atoms with Gasteiger partial charge in [0.05, 0.1) is 0 Å². The van der Waals surface area contributed by atoms with Gasteiger partial charge in [0.15, 0.2) is 0 Å². The third-order valence-electron chi connectivity index (χ3n) is 4.99. The highest BCUT2D eigenvalue weighted by Gasteiger charge is 2.34. The van der Waals surface area contributed by atoms with E-state index in [9.17, 15) is 4.79 Å². The fraction of sp³-hybridized carbons (Fsp3) is 0.381. The molecule has 0 heterocycles. The van der Waals surface area contributed by atoms with Crippen molar-refractivity contribution in [3.8, 4) is 5.75 Å². The van der Waals surface area contributed by atoms with Gasteiger partial charge in [-0.1, -0.05) is 63.1 Å². The number of rotatable bonds is 5. The van der Waals surface area contributed by atoms with Crippen LogP contribution < -0.4 is 10.1 Å². The third-order valence-corrected chi connectivity index (χ3v) is 4.99. The van der Waals surface area contributed by atoms with Gasteiger partial charge in [0.25, 0.3) is 0 Å². The molecule has 0 atom stereocenters. The van der Waals surface area contributed by atoms with E-state index in [0.717, 1.165) is 47.9 Å². The standard InChI is InChI=1S/C21H25NO2/c1-3-15-24-19-12-11-18(16-9-5-6-10-17(16)19)22-20(23)21(2)13-7-4-8-14-21/h3,5-6,9-12H,1,4,7-8,13-15H2,2H3,(H,22,23). The molecule has 0 unspecified atom stereocenters. The molecule has 1 aliphatic rings. The largest absolute Gasteiger partial charge is 0.489 e. The Kier molecular flexibility index (Phi) is 4.89. The van der Waals surface area contributed by atoms with Crippen molar-refractivity contribution in [1.29, 1.82) is 0 Å². The monoisotopic (exact) mass is 323 g/mol. The summed E-state index contributed by atoms with van der Waals surface area (Å²) in [6.07, 6.45) is 7.18. The minimum Gasteiger partial charge on any atom is -0.489 e. The quantitative estimate of drug-likeness (QED) is 0.757. The Balaban J connectivity index is 1.90. The summed E-state index contributed by atoms with van der Waals surface area (Å²) in [7, 11) is 0. The lowest BCUT2D eigenvalue weighted by atomic mass is 9.75. The molecule has 0 radical (unpaired) electrons. The number of anilines is 1. The number of nitrogens with one attached hydrogen (secondary N) is 1. The van der Waals surface area contributed by atoms with Crippen LogP contribution in [0.5, 0.6) is 5.75 Å². The maximum absolute atomic E-state index is 12.8. The number of hydrogen-bond donors (Lipinski definition) is 1. The number of fused-ring (bicyclic) bond motifs is 1. The van der Waals surface area contributed by atoms with E-state index in [2.05, 4.69) is 18.8 Å². The van der Waals surface area contributed by atoms with Gasteiger partial charge in [0.2, 0.25) is 5.91 Å². The Hall–Kier alpha value is -2.29. The Morgan fingerprint density at radius 2 is 1.88 bits per heavy atom. The van der Waals surface area contributed by atoms with Gasteiger partial charge in [0.1, 0.15) is 12.4 Å². The highest BCUT2D eigenvalue weighted by Crippen LogP contribution is 2.38. The molecule has 1 N–H and O–H groups in total. The first-order chi connectivity index (χ1) is 11.6. The molecule has 126 valence electrons. The normalized spacial score (nSPS) is 16.5. The van der Waals surface area contributed by atoms with E-state index in [1.54, 1.807) is 6.08 Å². The summed E-state index contributed by atoms with van der Waals surface area (Å²) in [6, 6.07) is 11.9. The maximum Gasteiger partial charge on any atom is 0.230 e. The van der Waals surface area contributed by atoms with Gasteiger partial charge in [-0.3, -0.25) is 4.79 Å². The molecule has 3 nitrogen and oxygen atoms in total. The molecule has 24 heavy (non-hydrogen) atoms. The van der Waals surface area contributed by atoms with Crippen LogP contribution in [0, 0.1) is 5.41 Å². The summed E-state index contributed by atoms with van der Waals surface area (Å²) in [5.74, 6) is 0.944. The number of ether oxygens (including phenoxy) is 1. The fourth-order valence-electron chi connectivity index (χ4n) is 3.49. The van der Waals surface area contributed by atoms with Crippen molar-refractivity contribution in [2.24, 2.45) is 5.41 Å². The van der Waals surface area contributed by atoms with Gasteiger partial charge in [-0.2, -0.15) is 0 Å². The molecule has 1 fully saturated rings. The fourth-order valence-corrected chi connectivity index (χ4v) is 3.49. The van der Waals surface area contributed by atoms with E-state index in [0.29, 0.717) is 6.61 Å². The summed E-state index contributed by atoms with van der Waals surface area (Å²) >= 11 is 0. The van der Waals surface area contributed by atoms with Crippen molar-refractivity contribution in [1.82, 2.24) is 0 Å². The SMILES string of the molecule is C=CCOc1ccc(NC(=O)C2(C)CCCCC2)c2ccccc12. The van der Waals surface area contributed by atoms with E-state index >= 15 is 0 Å². The van der Waals surface area contributed by atoms with Gasteiger partial charge < -0.3 is 10.1 Å². The zero-order valence-electron chi connectivity index (χ0n) is 14.3. The van der Waals surface area contributed by atoms with Gasteiger partial charge >= 0.3 is 0 Å². The Bertz CT molecular complexity index is 745. The molecule has 3 heteroatoms. The number of benzene rings is 2. The van der Waals surface area contributed by atoms with Crippen molar-refractivity contribution < 1.29 is 9.53 Å². The van der Waals surface area contributed by atoms with Gasteiger partial charge in [-0.15, -0.1) is 0 Å². The first kappa shape index (κ1) is 16.6. The van der Waals surface area contributed by atoms with E-state index < -0.39 is 0 Å². The summed E-state index contributed by atoms with van der Waals surface area (Å²) in [6.45, 7) is 6.24. The predicted octanol–water partition coefficient (Wildman–Crippen LogP) is 5.31. The molecule has 1 amide bonds. The van der Waals surface area contributed by atoms with Crippen LogP contribution in [0.4, 0.5) is 5.69 Å². The highest BCUT2D eigenvalue weighted by molar-refractivity contribution is 6.05. The van der Waals surface area contributed by atoms with Crippen molar-refractivity contribution >= 4 is 22.4 Å². The topological polar surface area (TPSA) is 38.3 Å². The van der Waals surface area contributed by atoms with Crippen LogP contribution in [-0.2, 0) is 4.79 Å². The summed E-state index contributed by atoms with van der Waals surface area (Å²) in [5, 5.41) is 5.18. The molecule has 2 aromatic rings. The molecule has 0 spiro atoms. The molecule has 0 bridgehead atoms. The van der Waals surface area contributed by atoms with Gasteiger partial charge in [-0.25, -0.2) is 0 Å². The third kappa shape index (κ3) is 3.30. The Labute approximate surface area is 143 Å². The number of amides is 1. The van der Waals surface area contributed by atoms with Crippen molar-refractivity contribution in [3.05, 3.63) is 49.1 Å². The highest BCUT2D eigenvalue weighted by atomic mass is 16.5.